The number of nitrogens with two attached hydrogens (primary N) is 1. The highest BCUT2D eigenvalue weighted by atomic mass is 32.2. The molecule has 82 valence electrons. The number of oxime groups is 1. The van der Waals surface area contributed by atoms with Gasteiger partial charge in [0.2, 0.25) is 0 Å². The molecule has 0 radical (unpaired) electrons. The molecule has 0 aliphatic carbocycles. The average molecular weight is 218 g/mol. The van der Waals surface area contributed by atoms with E-state index in [1.807, 2.05) is 11.8 Å². The fourth-order valence-corrected chi connectivity index (χ4v) is 2.97. The molecule has 0 amide bonds. The van der Waals surface area contributed by atoms with Gasteiger partial charge in [-0.1, -0.05) is 12.1 Å². The van der Waals surface area contributed by atoms with E-state index in [1.54, 1.807) is 0 Å². The topological polar surface area (TPSA) is 67.8 Å². The summed E-state index contributed by atoms with van der Waals surface area (Å²) in [7, 11) is 0. The molecule has 0 aromatic carbocycles. The van der Waals surface area contributed by atoms with Gasteiger partial charge in [-0.3, -0.25) is 0 Å². The molecule has 0 aromatic rings. The fraction of sp³-hybridized carbons (Fsp3) is 0.889. The zero-order chi connectivity index (χ0) is 10.6. The summed E-state index contributed by atoms with van der Waals surface area (Å²) < 4.78 is 5.47. The highest BCUT2D eigenvalue weighted by molar-refractivity contribution is 8.00. The van der Waals surface area contributed by atoms with Gasteiger partial charge >= 0.3 is 0 Å². The molecule has 0 spiro atoms. The lowest BCUT2D eigenvalue weighted by molar-refractivity contribution is 0.127. The van der Waals surface area contributed by atoms with Crippen LogP contribution in [-0.4, -0.2) is 34.3 Å². The Morgan fingerprint density at radius 1 is 1.79 bits per heavy atom. The smallest absolute Gasteiger partial charge is 0.140 e. The van der Waals surface area contributed by atoms with Gasteiger partial charge in [-0.15, -0.1) is 0 Å². The summed E-state index contributed by atoms with van der Waals surface area (Å²) in [5.74, 6) is 0.302. The van der Waals surface area contributed by atoms with E-state index in [1.165, 1.54) is 0 Å². The summed E-state index contributed by atoms with van der Waals surface area (Å²) in [5.41, 5.74) is 5.44. The van der Waals surface area contributed by atoms with Crippen LogP contribution in [0.5, 0.6) is 0 Å². The molecule has 0 saturated carbocycles. The highest BCUT2D eigenvalue weighted by Gasteiger charge is 2.26. The van der Waals surface area contributed by atoms with Crippen LogP contribution in [0.2, 0.25) is 0 Å². The first kappa shape index (κ1) is 11.7. The molecular weight excluding hydrogens is 200 g/mol. The third-order valence-electron chi connectivity index (χ3n) is 2.34. The predicted octanol–water partition coefficient (Wildman–Crippen LogP) is 1.42. The maximum atomic E-state index is 8.43. The van der Waals surface area contributed by atoms with Crippen LogP contribution < -0.4 is 5.73 Å². The van der Waals surface area contributed by atoms with E-state index >= 15 is 0 Å². The molecule has 3 N–H and O–H groups in total. The van der Waals surface area contributed by atoms with Crippen molar-refractivity contribution in [3.8, 4) is 0 Å². The van der Waals surface area contributed by atoms with Crippen molar-refractivity contribution in [1.29, 1.82) is 0 Å². The van der Waals surface area contributed by atoms with Crippen molar-refractivity contribution >= 4 is 17.6 Å². The molecule has 14 heavy (non-hydrogen) atoms. The summed E-state index contributed by atoms with van der Waals surface area (Å²) >= 11 is 1.86. The van der Waals surface area contributed by atoms with E-state index in [0.717, 1.165) is 13.0 Å². The third-order valence-corrected chi connectivity index (χ3v) is 3.94. The van der Waals surface area contributed by atoms with Crippen LogP contribution in [-0.2, 0) is 4.74 Å². The van der Waals surface area contributed by atoms with E-state index in [9.17, 15) is 0 Å². The predicted molar refractivity (Wildman–Crippen MR) is 58.9 cm³/mol. The summed E-state index contributed by atoms with van der Waals surface area (Å²) in [6.45, 7) is 5.05. The lowest BCUT2D eigenvalue weighted by Gasteiger charge is -2.18. The second-order valence-electron chi connectivity index (χ2n) is 3.65. The monoisotopic (exact) mass is 218 g/mol. The van der Waals surface area contributed by atoms with Crippen molar-refractivity contribution < 1.29 is 9.94 Å². The van der Waals surface area contributed by atoms with Gasteiger partial charge in [0.15, 0.2) is 0 Å². The van der Waals surface area contributed by atoms with Crippen LogP contribution in [0.4, 0.5) is 0 Å². The Kier molecular flexibility index (Phi) is 4.54. The van der Waals surface area contributed by atoms with E-state index in [0.29, 0.717) is 28.9 Å². The maximum Gasteiger partial charge on any atom is 0.140 e. The van der Waals surface area contributed by atoms with Crippen molar-refractivity contribution in [2.75, 3.05) is 6.61 Å². The van der Waals surface area contributed by atoms with Gasteiger partial charge in [0.25, 0.3) is 0 Å². The number of hydrogen-bond acceptors (Lipinski definition) is 4. The Morgan fingerprint density at radius 3 is 3.00 bits per heavy atom. The fourth-order valence-electron chi connectivity index (χ4n) is 1.57. The van der Waals surface area contributed by atoms with Crippen LogP contribution in [0, 0.1) is 0 Å². The number of rotatable bonds is 4. The molecule has 5 heteroatoms. The number of nitrogens with zero attached hydrogens (tertiary/aromatic N) is 1. The molecule has 1 rings (SSSR count). The van der Waals surface area contributed by atoms with E-state index in [-0.39, 0.29) is 0 Å². The van der Waals surface area contributed by atoms with Crippen LogP contribution in [0.1, 0.15) is 26.7 Å². The Bertz CT molecular complexity index is 211. The first-order valence-corrected chi connectivity index (χ1v) is 5.81. The van der Waals surface area contributed by atoms with Crippen molar-refractivity contribution in [1.82, 2.24) is 0 Å². The summed E-state index contributed by atoms with van der Waals surface area (Å²) in [6.07, 6.45) is 2.06. The summed E-state index contributed by atoms with van der Waals surface area (Å²) in [4.78, 5) is 0. The molecule has 4 nitrogen and oxygen atoms in total. The molecule has 1 heterocycles. The van der Waals surface area contributed by atoms with Crippen LogP contribution >= 0.6 is 11.8 Å². The van der Waals surface area contributed by atoms with Crippen molar-refractivity contribution in [3.63, 3.8) is 0 Å². The molecule has 0 bridgehead atoms. The minimum Gasteiger partial charge on any atom is -0.409 e. The van der Waals surface area contributed by atoms with E-state index in [4.69, 9.17) is 15.7 Å². The number of ether oxygens (including phenoxy) is 1. The Hall–Kier alpha value is -0.420. The number of hydrogen-bond donors (Lipinski definition) is 2. The zero-order valence-electron chi connectivity index (χ0n) is 8.64. The van der Waals surface area contributed by atoms with Crippen molar-refractivity contribution in [2.45, 2.75) is 43.3 Å². The summed E-state index contributed by atoms with van der Waals surface area (Å²) in [6, 6.07) is 0. The van der Waals surface area contributed by atoms with Gasteiger partial charge in [0.1, 0.15) is 5.84 Å². The van der Waals surface area contributed by atoms with E-state index < -0.39 is 0 Å². The highest BCUT2D eigenvalue weighted by Crippen LogP contribution is 2.30. The van der Waals surface area contributed by atoms with Crippen molar-refractivity contribution in [3.05, 3.63) is 0 Å². The Morgan fingerprint density at radius 2 is 2.50 bits per heavy atom. The Balaban J connectivity index is 2.29. The van der Waals surface area contributed by atoms with Crippen molar-refractivity contribution in [2.24, 2.45) is 10.9 Å². The van der Waals surface area contributed by atoms with Crippen LogP contribution in [0.3, 0.4) is 0 Å². The maximum absolute atomic E-state index is 8.43. The van der Waals surface area contributed by atoms with E-state index in [2.05, 4.69) is 19.0 Å². The minimum atomic E-state index is 0.302. The standard InChI is InChI=1S/C9H18N2O2S/c1-6(5-9(10)11-12)14-8-3-4-13-7(8)2/h6-8,12H,3-5H2,1-2H3,(H2,10,11). The van der Waals surface area contributed by atoms with Gasteiger partial charge in [-0.05, 0) is 13.3 Å². The van der Waals surface area contributed by atoms with Gasteiger partial charge < -0.3 is 15.7 Å². The van der Waals surface area contributed by atoms with Crippen LogP contribution in [0.15, 0.2) is 5.16 Å². The zero-order valence-corrected chi connectivity index (χ0v) is 9.46. The first-order chi connectivity index (χ1) is 6.63. The Labute approximate surface area is 88.9 Å². The minimum absolute atomic E-state index is 0.302. The lowest BCUT2D eigenvalue weighted by atomic mass is 10.2. The number of amidine groups is 1. The molecule has 3 unspecified atom stereocenters. The second-order valence-corrected chi connectivity index (χ2v) is 5.33. The molecule has 1 aliphatic rings. The van der Waals surface area contributed by atoms with Gasteiger partial charge in [0.05, 0.1) is 6.10 Å². The van der Waals surface area contributed by atoms with Gasteiger partial charge in [0, 0.05) is 23.5 Å². The molecule has 1 saturated heterocycles. The number of thioether (sulfide) groups is 1. The normalized spacial score (nSPS) is 30.6. The lowest BCUT2D eigenvalue weighted by Crippen LogP contribution is -2.21. The van der Waals surface area contributed by atoms with Crippen LogP contribution in [0.25, 0.3) is 0 Å². The quantitative estimate of drug-likeness (QED) is 0.324. The SMILES string of the molecule is CC(CC(N)=NO)SC1CCOC1C. The second kappa shape index (κ2) is 5.46. The molecule has 0 aromatic heterocycles. The molecule has 1 aliphatic heterocycles. The first-order valence-electron chi connectivity index (χ1n) is 4.87. The largest absolute Gasteiger partial charge is 0.409 e. The average Bonchev–Trinajstić information content (AvgIpc) is 2.51. The third kappa shape index (κ3) is 3.38. The molecular formula is C9H18N2O2S. The summed E-state index contributed by atoms with van der Waals surface area (Å²) in [5, 5.41) is 12.3. The van der Waals surface area contributed by atoms with Gasteiger partial charge in [-0.2, -0.15) is 11.8 Å². The van der Waals surface area contributed by atoms with Gasteiger partial charge in [-0.25, -0.2) is 0 Å². The molecule has 3 atom stereocenters. The molecule has 1 fully saturated rings.